The summed E-state index contributed by atoms with van der Waals surface area (Å²) in [5.41, 5.74) is 3.70. The monoisotopic (exact) mass is 499 g/mol. The van der Waals surface area contributed by atoms with Gasteiger partial charge in [0.1, 0.15) is 0 Å². The van der Waals surface area contributed by atoms with Crippen molar-refractivity contribution in [3.05, 3.63) is 83.4 Å². The highest BCUT2D eigenvalue weighted by molar-refractivity contribution is 6.22. The van der Waals surface area contributed by atoms with Crippen LogP contribution >= 0.6 is 0 Å². The van der Waals surface area contributed by atoms with Gasteiger partial charge in [0.05, 0.1) is 19.9 Å². The Morgan fingerprint density at radius 2 is 1.46 bits per heavy atom. The minimum atomic E-state index is -0.304. The van der Waals surface area contributed by atoms with Crippen LogP contribution in [0.5, 0.6) is 11.5 Å². The van der Waals surface area contributed by atoms with Gasteiger partial charge in [-0.05, 0) is 60.5 Å². The van der Waals surface area contributed by atoms with E-state index in [4.69, 9.17) is 9.47 Å². The quantitative estimate of drug-likeness (QED) is 0.497. The topological polar surface area (TPSA) is 79.4 Å². The van der Waals surface area contributed by atoms with Gasteiger partial charge in [-0.2, -0.15) is 0 Å². The van der Waals surface area contributed by atoms with Crippen molar-refractivity contribution in [2.24, 2.45) is 0 Å². The van der Waals surface area contributed by atoms with Gasteiger partial charge in [-0.15, -0.1) is 0 Å². The van der Waals surface area contributed by atoms with Crippen molar-refractivity contribution in [1.29, 1.82) is 0 Å². The lowest BCUT2D eigenvalue weighted by atomic mass is 9.99. The largest absolute Gasteiger partial charge is 0.493 e. The van der Waals surface area contributed by atoms with Gasteiger partial charge in [0.2, 0.25) is 5.91 Å². The number of fused-ring (bicyclic) bond motifs is 1. The third-order valence-corrected chi connectivity index (χ3v) is 6.95. The van der Waals surface area contributed by atoms with Crippen LogP contribution in [0.3, 0.4) is 0 Å². The lowest BCUT2D eigenvalue weighted by molar-refractivity contribution is -0.118. The third-order valence-electron chi connectivity index (χ3n) is 6.95. The Balaban J connectivity index is 1.29. The summed E-state index contributed by atoms with van der Waals surface area (Å²) in [5.74, 6) is 0.582. The lowest BCUT2D eigenvalue weighted by Gasteiger charge is -2.37. The third kappa shape index (κ3) is 4.74. The number of anilines is 2. The first kappa shape index (κ1) is 24.4. The maximum Gasteiger partial charge on any atom is 0.265 e. The first-order valence-electron chi connectivity index (χ1n) is 12.3. The van der Waals surface area contributed by atoms with Crippen molar-refractivity contribution >= 4 is 29.1 Å². The van der Waals surface area contributed by atoms with Gasteiger partial charge in [-0.1, -0.05) is 18.2 Å². The molecule has 3 amide bonds. The number of ether oxygens (including phenoxy) is 2. The lowest BCUT2D eigenvalue weighted by Crippen LogP contribution is -2.49. The average Bonchev–Trinajstić information content (AvgIpc) is 2.96. The molecule has 2 heterocycles. The molecule has 0 aromatic heterocycles. The van der Waals surface area contributed by atoms with Crippen molar-refractivity contribution in [1.82, 2.24) is 4.90 Å². The van der Waals surface area contributed by atoms with Gasteiger partial charge >= 0.3 is 0 Å². The number of amides is 3. The zero-order valence-corrected chi connectivity index (χ0v) is 21.0. The number of rotatable bonds is 5. The highest BCUT2D eigenvalue weighted by Crippen LogP contribution is 2.33. The van der Waals surface area contributed by atoms with Gasteiger partial charge in [0.15, 0.2) is 11.5 Å². The molecule has 0 bridgehead atoms. The molecule has 2 aliphatic heterocycles. The fraction of sp³-hybridized carbons (Fsp3) is 0.276. The molecule has 8 heteroatoms. The molecule has 0 N–H and O–H groups in total. The van der Waals surface area contributed by atoms with Gasteiger partial charge < -0.3 is 19.3 Å². The van der Waals surface area contributed by atoms with Crippen LogP contribution in [0.4, 0.5) is 11.4 Å². The van der Waals surface area contributed by atoms with Crippen LogP contribution in [0.2, 0.25) is 0 Å². The Morgan fingerprint density at radius 1 is 0.730 bits per heavy atom. The summed E-state index contributed by atoms with van der Waals surface area (Å²) < 4.78 is 10.6. The number of hydrogen-bond acceptors (Lipinski definition) is 6. The summed E-state index contributed by atoms with van der Waals surface area (Å²) in [6, 6.07) is 20.0. The fourth-order valence-electron chi connectivity index (χ4n) is 4.93. The number of carbonyl (C=O) groups is 3. The highest BCUT2D eigenvalue weighted by atomic mass is 16.5. The van der Waals surface area contributed by atoms with Crippen LogP contribution in [0, 0.1) is 0 Å². The molecule has 1 fully saturated rings. The Labute approximate surface area is 216 Å². The summed E-state index contributed by atoms with van der Waals surface area (Å²) in [5, 5.41) is 0. The van der Waals surface area contributed by atoms with Crippen molar-refractivity contribution in [2.75, 3.05) is 50.2 Å². The Hall–Kier alpha value is -4.33. The van der Waals surface area contributed by atoms with Gasteiger partial charge in [0, 0.05) is 49.4 Å². The summed E-state index contributed by atoms with van der Waals surface area (Å²) in [6.45, 7) is 2.54. The van der Waals surface area contributed by atoms with Crippen LogP contribution < -0.4 is 19.3 Å². The molecule has 1 saturated heterocycles. The SMILES string of the molecule is COc1ccc(C(=O)N2CCN(c3ccc4c(c3)CCC(=O)N4C(=O)c3ccccc3)CC2)cc1OC. The summed E-state index contributed by atoms with van der Waals surface area (Å²) >= 11 is 0. The van der Waals surface area contributed by atoms with E-state index in [1.54, 1.807) is 56.7 Å². The second-order valence-corrected chi connectivity index (χ2v) is 9.06. The standard InChI is InChI=1S/C29H29N3O5/c1-36-25-12-8-22(19-26(25)37-2)28(34)31-16-14-30(15-17-31)23-10-11-24-21(18-23)9-13-27(33)32(24)29(35)20-6-4-3-5-7-20/h3-8,10-12,18-19H,9,13-17H2,1-2H3. The fourth-order valence-corrected chi connectivity index (χ4v) is 4.93. The highest BCUT2D eigenvalue weighted by Gasteiger charge is 2.31. The number of nitrogens with zero attached hydrogens (tertiary/aromatic N) is 3. The Kier molecular flexibility index (Phi) is 6.81. The maximum atomic E-state index is 13.1. The van der Waals surface area contributed by atoms with Crippen LogP contribution in [0.15, 0.2) is 66.7 Å². The van der Waals surface area contributed by atoms with E-state index >= 15 is 0 Å². The normalized spacial score (nSPS) is 15.3. The van der Waals surface area contributed by atoms with Crippen LogP contribution in [-0.4, -0.2) is 63.0 Å². The minimum absolute atomic E-state index is 0.0420. The molecule has 2 aliphatic rings. The number of piperazine rings is 1. The number of carbonyl (C=O) groups excluding carboxylic acids is 3. The van der Waals surface area contributed by atoms with Crippen LogP contribution in [0.25, 0.3) is 0 Å². The van der Waals surface area contributed by atoms with Crippen molar-refractivity contribution in [2.45, 2.75) is 12.8 Å². The zero-order chi connectivity index (χ0) is 25.9. The molecule has 0 spiro atoms. The van der Waals surface area contributed by atoms with E-state index in [0.717, 1.165) is 11.3 Å². The summed E-state index contributed by atoms with van der Waals surface area (Å²) in [7, 11) is 3.12. The molecular formula is C29H29N3O5. The number of imide groups is 1. The number of hydrogen-bond donors (Lipinski definition) is 0. The van der Waals surface area contributed by atoms with E-state index in [0.29, 0.717) is 67.3 Å². The summed E-state index contributed by atoms with van der Waals surface area (Å²) in [4.78, 5) is 44.3. The summed E-state index contributed by atoms with van der Waals surface area (Å²) in [6.07, 6.45) is 0.890. The molecule has 0 aliphatic carbocycles. The molecular weight excluding hydrogens is 470 g/mol. The van der Waals surface area contributed by atoms with Gasteiger partial charge in [0.25, 0.3) is 11.8 Å². The van der Waals surface area contributed by atoms with E-state index in [-0.39, 0.29) is 17.7 Å². The molecule has 3 aromatic carbocycles. The maximum absolute atomic E-state index is 13.1. The zero-order valence-electron chi connectivity index (χ0n) is 21.0. The van der Waals surface area contributed by atoms with Gasteiger partial charge in [-0.3, -0.25) is 14.4 Å². The van der Waals surface area contributed by atoms with Gasteiger partial charge in [-0.25, -0.2) is 4.90 Å². The predicted octanol–water partition coefficient (Wildman–Crippen LogP) is 3.79. The van der Waals surface area contributed by atoms with E-state index in [2.05, 4.69) is 11.0 Å². The predicted molar refractivity (Wildman–Crippen MR) is 141 cm³/mol. The smallest absolute Gasteiger partial charge is 0.265 e. The number of benzene rings is 3. The van der Waals surface area contributed by atoms with E-state index < -0.39 is 0 Å². The Bertz CT molecular complexity index is 1330. The van der Waals surface area contributed by atoms with Crippen molar-refractivity contribution in [3.8, 4) is 11.5 Å². The minimum Gasteiger partial charge on any atom is -0.493 e. The van der Waals surface area contributed by atoms with Crippen LogP contribution in [-0.2, 0) is 11.2 Å². The number of aryl methyl sites for hydroxylation is 1. The molecule has 37 heavy (non-hydrogen) atoms. The molecule has 0 saturated carbocycles. The first-order chi connectivity index (χ1) is 18.0. The molecule has 0 unspecified atom stereocenters. The Morgan fingerprint density at radius 3 is 2.16 bits per heavy atom. The molecule has 5 rings (SSSR count). The van der Waals surface area contributed by atoms with Crippen molar-refractivity contribution < 1.29 is 23.9 Å². The molecule has 3 aromatic rings. The van der Waals surface area contributed by atoms with E-state index in [1.165, 1.54) is 4.90 Å². The second-order valence-electron chi connectivity index (χ2n) is 9.06. The van der Waals surface area contributed by atoms with E-state index in [9.17, 15) is 14.4 Å². The number of methoxy groups -OCH3 is 2. The molecule has 0 radical (unpaired) electrons. The van der Waals surface area contributed by atoms with Crippen molar-refractivity contribution in [3.63, 3.8) is 0 Å². The first-order valence-corrected chi connectivity index (χ1v) is 12.3. The molecule has 0 atom stereocenters. The molecule has 190 valence electrons. The van der Waals surface area contributed by atoms with Crippen LogP contribution in [0.1, 0.15) is 32.7 Å². The second kappa shape index (κ2) is 10.3. The van der Waals surface area contributed by atoms with E-state index in [1.807, 2.05) is 23.1 Å². The molecule has 8 nitrogen and oxygen atoms in total. The average molecular weight is 500 g/mol.